The molecule has 0 atom stereocenters. The Kier molecular flexibility index (Phi) is 6.46. The van der Waals surface area contributed by atoms with Gasteiger partial charge in [-0.15, -0.1) is 0 Å². The van der Waals surface area contributed by atoms with Gasteiger partial charge in [-0.25, -0.2) is 0 Å². The van der Waals surface area contributed by atoms with Crippen LogP contribution in [0.4, 0.5) is 0 Å². The predicted molar refractivity (Wildman–Crippen MR) is 204 cm³/mol. The maximum Gasteiger partial charge on any atom is 0.135 e. The minimum atomic E-state index is 0.866. The van der Waals surface area contributed by atoms with Gasteiger partial charge >= 0.3 is 0 Å². The van der Waals surface area contributed by atoms with Crippen molar-refractivity contribution in [3.8, 4) is 55.9 Å². The summed E-state index contributed by atoms with van der Waals surface area (Å²) in [5, 5.41) is 4.34. The summed E-state index contributed by atoms with van der Waals surface area (Å²) in [6, 6.07) is 54.7. The van der Waals surface area contributed by atoms with Gasteiger partial charge in [0.05, 0.1) is 11.4 Å². The average molecular weight is 641 g/mol. The van der Waals surface area contributed by atoms with Crippen molar-refractivity contribution in [1.82, 2.24) is 9.97 Å². The number of furan rings is 2. The van der Waals surface area contributed by atoms with Gasteiger partial charge < -0.3 is 8.83 Å². The van der Waals surface area contributed by atoms with Crippen molar-refractivity contribution in [2.45, 2.75) is 0 Å². The molecule has 4 heteroatoms. The van der Waals surface area contributed by atoms with Gasteiger partial charge in [0.15, 0.2) is 0 Å². The highest BCUT2D eigenvalue weighted by Crippen LogP contribution is 2.40. The van der Waals surface area contributed by atoms with E-state index in [0.717, 1.165) is 99.8 Å². The number of fused-ring (bicyclic) bond motifs is 6. The highest BCUT2D eigenvalue weighted by Gasteiger charge is 2.16. The van der Waals surface area contributed by atoms with Crippen LogP contribution in [0.2, 0.25) is 0 Å². The molecule has 0 bridgehead atoms. The van der Waals surface area contributed by atoms with E-state index in [-0.39, 0.29) is 0 Å². The molecule has 4 nitrogen and oxygen atoms in total. The lowest BCUT2D eigenvalue weighted by atomic mass is 9.95. The number of rotatable bonds is 5. The molecular formula is C46H28N2O2. The van der Waals surface area contributed by atoms with Crippen molar-refractivity contribution in [1.29, 1.82) is 0 Å². The molecule has 0 saturated carbocycles. The summed E-state index contributed by atoms with van der Waals surface area (Å²) < 4.78 is 12.7. The molecule has 0 radical (unpaired) electrons. The van der Waals surface area contributed by atoms with E-state index in [0.29, 0.717) is 0 Å². The first-order valence-electron chi connectivity index (χ1n) is 16.7. The van der Waals surface area contributed by atoms with E-state index in [1.807, 2.05) is 36.7 Å². The summed E-state index contributed by atoms with van der Waals surface area (Å²) in [4.78, 5) is 9.26. The first kappa shape index (κ1) is 28.3. The normalized spacial score (nSPS) is 11.6. The molecule has 10 aromatic rings. The largest absolute Gasteiger partial charge is 0.456 e. The maximum atomic E-state index is 6.33. The van der Waals surface area contributed by atoms with Gasteiger partial charge in [-0.05, 0) is 106 Å². The number of hydrogen-bond donors (Lipinski definition) is 0. The van der Waals surface area contributed by atoms with Crippen molar-refractivity contribution < 1.29 is 8.83 Å². The fourth-order valence-corrected chi connectivity index (χ4v) is 7.21. The minimum Gasteiger partial charge on any atom is -0.456 e. The molecule has 0 amide bonds. The van der Waals surface area contributed by atoms with Crippen LogP contribution in [-0.4, -0.2) is 9.97 Å². The first-order valence-corrected chi connectivity index (χ1v) is 16.7. The van der Waals surface area contributed by atoms with Gasteiger partial charge in [-0.1, -0.05) is 84.9 Å². The minimum absolute atomic E-state index is 0.866. The van der Waals surface area contributed by atoms with Crippen LogP contribution in [0.5, 0.6) is 0 Å². The van der Waals surface area contributed by atoms with Crippen LogP contribution >= 0.6 is 0 Å². The zero-order valence-electron chi connectivity index (χ0n) is 26.9. The van der Waals surface area contributed by atoms with E-state index in [4.69, 9.17) is 8.83 Å². The van der Waals surface area contributed by atoms with Crippen molar-refractivity contribution in [2.24, 2.45) is 0 Å². The van der Waals surface area contributed by atoms with E-state index < -0.39 is 0 Å². The Labute approximate surface area is 287 Å². The van der Waals surface area contributed by atoms with Gasteiger partial charge in [0, 0.05) is 45.1 Å². The van der Waals surface area contributed by atoms with E-state index >= 15 is 0 Å². The van der Waals surface area contributed by atoms with E-state index in [2.05, 4.69) is 143 Å². The Morgan fingerprint density at radius 3 is 1.02 bits per heavy atom. The fraction of sp³-hybridized carbons (Fsp3) is 0. The summed E-state index contributed by atoms with van der Waals surface area (Å²) in [5.74, 6) is 0. The van der Waals surface area contributed by atoms with Gasteiger partial charge in [-0.3, -0.25) is 9.97 Å². The number of aromatic nitrogens is 2. The Bertz CT molecular complexity index is 2670. The summed E-state index contributed by atoms with van der Waals surface area (Å²) >= 11 is 0. The van der Waals surface area contributed by atoms with Gasteiger partial charge in [0.1, 0.15) is 22.3 Å². The lowest BCUT2D eigenvalue weighted by Gasteiger charge is -2.09. The lowest BCUT2D eigenvalue weighted by Crippen LogP contribution is -1.87. The van der Waals surface area contributed by atoms with Crippen LogP contribution in [0, 0.1) is 0 Å². The topological polar surface area (TPSA) is 52.1 Å². The Morgan fingerprint density at radius 2 is 0.640 bits per heavy atom. The second-order valence-corrected chi connectivity index (χ2v) is 12.6. The zero-order chi connectivity index (χ0) is 33.0. The molecule has 50 heavy (non-hydrogen) atoms. The Morgan fingerprint density at radius 1 is 0.300 bits per heavy atom. The lowest BCUT2D eigenvalue weighted by molar-refractivity contribution is 0.668. The highest BCUT2D eigenvalue weighted by molar-refractivity contribution is 6.10. The third-order valence-electron chi connectivity index (χ3n) is 9.63. The standard InChI is InChI=1S/C46H28N2O2/c1-3-11-35(41-13-5-7-23-47-41)33(9-1)31-17-21-45-39(27-31)37-25-29(15-19-43(37)49-45)30-16-20-44-38(26-30)40-28-32(18-22-46(40)50-44)34-10-2-4-12-36(34)42-14-6-8-24-48-42/h1-28H. The van der Waals surface area contributed by atoms with Crippen LogP contribution in [0.25, 0.3) is 99.8 Å². The van der Waals surface area contributed by atoms with Crippen LogP contribution in [0.3, 0.4) is 0 Å². The van der Waals surface area contributed by atoms with Crippen LogP contribution in [-0.2, 0) is 0 Å². The molecule has 0 spiro atoms. The van der Waals surface area contributed by atoms with Gasteiger partial charge in [0.25, 0.3) is 0 Å². The van der Waals surface area contributed by atoms with Crippen LogP contribution in [0.1, 0.15) is 0 Å². The monoisotopic (exact) mass is 640 g/mol. The molecule has 0 aliphatic rings. The van der Waals surface area contributed by atoms with E-state index in [1.54, 1.807) is 0 Å². The Hall–Kier alpha value is -6.78. The smallest absolute Gasteiger partial charge is 0.135 e. The quantitative estimate of drug-likeness (QED) is 0.188. The molecule has 6 aromatic carbocycles. The van der Waals surface area contributed by atoms with Gasteiger partial charge in [0.2, 0.25) is 0 Å². The molecular weight excluding hydrogens is 613 g/mol. The molecule has 0 unspecified atom stereocenters. The molecule has 0 N–H and O–H groups in total. The van der Waals surface area contributed by atoms with Crippen LogP contribution < -0.4 is 0 Å². The zero-order valence-corrected chi connectivity index (χ0v) is 26.9. The average Bonchev–Trinajstić information content (AvgIpc) is 3.75. The molecule has 0 aliphatic carbocycles. The van der Waals surface area contributed by atoms with E-state index in [1.165, 1.54) is 0 Å². The number of pyridine rings is 2. The third kappa shape index (κ3) is 4.69. The molecule has 0 fully saturated rings. The molecule has 10 rings (SSSR count). The molecule has 4 heterocycles. The molecule has 0 saturated heterocycles. The summed E-state index contributed by atoms with van der Waals surface area (Å²) in [7, 11) is 0. The first-order chi connectivity index (χ1) is 24.8. The fourth-order valence-electron chi connectivity index (χ4n) is 7.21. The highest BCUT2D eigenvalue weighted by atomic mass is 16.3. The third-order valence-corrected chi connectivity index (χ3v) is 9.63. The summed E-state index contributed by atoms with van der Waals surface area (Å²) in [6.07, 6.45) is 3.68. The van der Waals surface area contributed by atoms with Crippen molar-refractivity contribution in [3.05, 3.63) is 170 Å². The predicted octanol–water partition coefficient (Wildman–Crippen LogP) is 12.6. The SMILES string of the molecule is c1ccc(-c2ccccc2-c2ccc3oc4ccc(-c5ccc6oc7ccc(-c8ccccc8-c8ccccn8)cc7c6c5)cc4c3c2)nc1. The molecule has 0 aliphatic heterocycles. The van der Waals surface area contributed by atoms with Crippen LogP contribution in [0.15, 0.2) is 179 Å². The summed E-state index contributed by atoms with van der Waals surface area (Å²) in [5.41, 5.74) is 14.3. The van der Waals surface area contributed by atoms with Gasteiger partial charge in [-0.2, -0.15) is 0 Å². The second-order valence-electron chi connectivity index (χ2n) is 12.6. The van der Waals surface area contributed by atoms with Crippen molar-refractivity contribution in [3.63, 3.8) is 0 Å². The van der Waals surface area contributed by atoms with Crippen molar-refractivity contribution >= 4 is 43.9 Å². The second kappa shape index (κ2) is 11.4. The van der Waals surface area contributed by atoms with Crippen molar-refractivity contribution in [2.75, 3.05) is 0 Å². The maximum absolute atomic E-state index is 6.33. The molecule has 234 valence electrons. The summed E-state index contributed by atoms with van der Waals surface area (Å²) in [6.45, 7) is 0. The number of hydrogen-bond acceptors (Lipinski definition) is 4. The van der Waals surface area contributed by atoms with E-state index in [9.17, 15) is 0 Å². The number of benzene rings is 6. The molecule has 4 aromatic heterocycles. The Balaban J connectivity index is 1.08. The number of nitrogens with zero attached hydrogens (tertiary/aromatic N) is 2.